The highest BCUT2D eigenvalue weighted by molar-refractivity contribution is 5.72. The Morgan fingerprint density at radius 1 is 1.36 bits per heavy atom. The Bertz CT molecular complexity index is 293. The van der Waals surface area contributed by atoms with Crippen LogP contribution in [-0.4, -0.2) is 5.97 Å². The summed E-state index contributed by atoms with van der Waals surface area (Å²) in [5, 5.41) is 0. The van der Waals surface area contributed by atoms with Crippen molar-refractivity contribution in [1.82, 2.24) is 0 Å². The quantitative estimate of drug-likeness (QED) is 0.453. The van der Waals surface area contributed by atoms with Crippen LogP contribution in [0.3, 0.4) is 0 Å². The van der Waals surface area contributed by atoms with Crippen molar-refractivity contribution < 1.29 is 9.53 Å². The number of hydrogen-bond acceptors (Lipinski definition) is 3. The lowest BCUT2D eigenvalue weighted by Gasteiger charge is -2.03. The lowest BCUT2D eigenvalue weighted by molar-refractivity contribution is -0.134. The van der Waals surface area contributed by atoms with Gasteiger partial charge < -0.3 is 10.5 Å². The molecule has 2 N–H and O–H groups in total. The Labute approximate surface area is 83.9 Å². The largest absolute Gasteiger partial charge is 0.427 e. The van der Waals surface area contributed by atoms with E-state index in [1.165, 1.54) is 0 Å². The molecule has 0 amide bonds. The smallest absolute Gasteiger partial charge is 0.311 e. The average molecular weight is 193 g/mol. The molecule has 0 aliphatic carbocycles. The summed E-state index contributed by atoms with van der Waals surface area (Å²) in [6, 6.07) is 6.81. The number of anilines is 1. The molecule has 0 heterocycles. The summed E-state index contributed by atoms with van der Waals surface area (Å²) >= 11 is 0. The lowest BCUT2D eigenvalue weighted by Crippen LogP contribution is -2.07. The second-order valence-electron chi connectivity index (χ2n) is 3.15. The number of benzene rings is 1. The summed E-state index contributed by atoms with van der Waals surface area (Å²) in [6.07, 6.45) is 2.34. The van der Waals surface area contributed by atoms with E-state index in [1.54, 1.807) is 24.3 Å². The number of carbonyl (C=O) groups is 1. The summed E-state index contributed by atoms with van der Waals surface area (Å²) < 4.78 is 5.08. The predicted octanol–water partition coefficient (Wildman–Crippen LogP) is 2.36. The monoisotopic (exact) mass is 193 g/mol. The van der Waals surface area contributed by atoms with Gasteiger partial charge in [-0.25, -0.2) is 0 Å². The number of esters is 1. The number of carbonyl (C=O) groups excluding carboxylic acids is 1. The molecule has 1 rings (SSSR count). The van der Waals surface area contributed by atoms with Crippen LogP contribution >= 0.6 is 0 Å². The summed E-state index contributed by atoms with van der Waals surface area (Å²) in [5.41, 5.74) is 6.16. The molecule has 0 saturated heterocycles. The minimum atomic E-state index is -0.184. The molecule has 0 aromatic heterocycles. The molecule has 14 heavy (non-hydrogen) atoms. The van der Waals surface area contributed by atoms with E-state index in [9.17, 15) is 4.79 Å². The van der Waals surface area contributed by atoms with Gasteiger partial charge in [-0.05, 0) is 30.7 Å². The van der Waals surface area contributed by atoms with E-state index in [-0.39, 0.29) is 5.97 Å². The molecule has 3 heteroatoms. The third-order valence-electron chi connectivity index (χ3n) is 1.85. The van der Waals surface area contributed by atoms with Gasteiger partial charge in [-0.2, -0.15) is 0 Å². The fourth-order valence-corrected chi connectivity index (χ4v) is 1.04. The van der Waals surface area contributed by atoms with Crippen molar-refractivity contribution in [2.45, 2.75) is 26.2 Å². The molecule has 0 atom stereocenters. The van der Waals surface area contributed by atoms with Crippen molar-refractivity contribution in [1.29, 1.82) is 0 Å². The first-order valence-corrected chi connectivity index (χ1v) is 4.78. The highest BCUT2D eigenvalue weighted by Crippen LogP contribution is 2.14. The minimum Gasteiger partial charge on any atom is -0.427 e. The van der Waals surface area contributed by atoms with Crippen molar-refractivity contribution >= 4 is 11.7 Å². The lowest BCUT2D eigenvalue weighted by atomic mass is 10.2. The van der Waals surface area contributed by atoms with Crippen LogP contribution in [0.15, 0.2) is 24.3 Å². The summed E-state index contributed by atoms with van der Waals surface area (Å²) in [6.45, 7) is 2.04. The van der Waals surface area contributed by atoms with Crippen LogP contribution in [-0.2, 0) is 4.79 Å². The molecule has 3 nitrogen and oxygen atoms in total. The SMILES string of the molecule is CCCCC(=O)Oc1ccc(N)cc1. The van der Waals surface area contributed by atoms with Gasteiger partial charge in [0.1, 0.15) is 5.75 Å². The van der Waals surface area contributed by atoms with Gasteiger partial charge in [0.15, 0.2) is 0 Å². The molecule has 76 valence electrons. The predicted molar refractivity (Wildman–Crippen MR) is 56.0 cm³/mol. The van der Waals surface area contributed by atoms with Gasteiger partial charge in [0, 0.05) is 12.1 Å². The van der Waals surface area contributed by atoms with Crippen LogP contribution < -0.4 is 10.5 Å². The van der Waals surface area contributed by atoms with Gasteiger partial charge in [0.05, 0.1) is 0 Å². The van der Waals surface area contributed by atoms with E-state index in [2.05, 4.69) is 0 Å². The Morgan fingerprint density at radius 2 is 2.00 bits per heavy atom. The maximum Gasteiger partial charge on any atom is 0.311 e. The molecule has 0 aliphatic rings. The fraction of sp³-hybridized carbons (Fsp3) is 0.364. The van der Waals surface area contributed by atoms with Crippen LogP contribution in [0.4, 0.5) is 5.69 Å². The van der Waals surface area contributed by atoms with E-state index in [0.717, 1.165) is 12.8 Å². The maximum atomic E-state index is 11.2. The van der Waals surface area contributed by atoms with E-state index >= 15 is 0 Å². The van der Waals surface area contributed by atoms with Crippen LogP contribution in [0.1, 0.15) is 26.2 Å². The number of nitrogen functional groups attached to an aromatic ring is 1. The van der Waals surface area contributed by atoms with E-state index in [0.29, 0.717) is 17.9 Å². The Balaban J connectivity index is 2.44. The molecule has 1 aromatic rings. The highest BCUT2D eigenvalue weighted by atomic mass is 16.5. The van der Waals surface area contributed by atoms with E-state index in [4.69, 9.17) is 10.5 Å². The molecule has 0 saturated carbocycles. The molecular formula is C11H15NO2. The second-order valence-corrected chi connectivity index (χ2v) is 3.15. The third-order valence-corrected chi connectivity index (χ3v) is 1.85. The molecule has 0 aliphatic heterocycles. The highest BCUT2D eigenvalue weighted by Gasteiger charge is 2.02. The molecule has 0 fully saturated rings. The molecule has 0 radical (unpaired) electrons. The van der Waals surface area contributed by atoms with Crippen molar-refractivity contribution in [2.75, 3.05) is 5.73 Å². The van der Waals surface area contributed by atoms with Crippen LogP contribution in [0.25, 0.3) is 0 Å². The number of rotatable bonds is 4. The minimum absolute atomic E-state index is 0.184. The molecular weight excluding hydrogens is 178 g/mol. The summed E-state index contributed by atoms with van der Waals surface area (Å²) in [7, 11) is 0. The Hall–Kier alpha value is -1.51. The van der Waals surface area contributed by atoms with Gasteiger partial charge in [-0.1, -0.05) is 13.3 Å². The normalized spacial score (nSPS) is 9.79. The number of ether oxygens (including phenoxy) is 1. The molecule has 0 spiro atoms. The van der Waals surface area contributed by atoms with Crippen LogP contribution in [0.5, 0.6) is 5.75 Å². The topological polar surface area (TPSA) is 52.3 Å². The number of hydrogen-bond donors (Lipinski definition) is 1. The van der Waals surface area contributed by atoms with Crippen molar-refractivity contribution in [3.8, 4) is 5.75 Å². The third kappa shape index (κ3) is 3.47. The van der Waals surface area contributed by atoms with E-state index in [1.807, 2.05) is 6.92 Å². The first kappa shape index (κ1) is 10.6. The van der Waals surface area contributed by atoms with Crippen LogP contribution in [0, 0.1) is 0 Å². The first-order chi connectivity index (χ1) is 6.72. The summed E-state index contributed by atoms with van der Waals surface area (Å²) in [5.74, 6) is 0.372. The zero-order valence-corrected chi connectivity index (χ0v) is 8.32. The van der Waals surface area contributed by atoms with Crippen molar-refractivity contribution in [3.05, 3.63) is 24.3 Å². The van der Waals surface area contributed by atoms with E-state index < -0.39 is 0 Å². The zero-order valence-electron chi connectivity index (χ0n) is 8.32. The Kier molecular flexibility index (Phi) is 3.98. The average Bonchev–Trinajstić information content (AvgIpc) is 2.18. The van der Waals surface area contributed by atoms with Gasteiger partial charge in [0.25, 0.3) is 0 Å². The van der Waals surface area contributed by atoms with Gasteiger partial charge in [-0.3, -0.25) is 4.79 Å². The van der Waals surface area contributed by atoms with Crippen molar-refractivity contribution in [2.24, 2.45) is 0 Å². The molecule has 1 aromatic carbocycles. The molecule has 0 unspecified atom stereocenters. The van der Waals surface area contributed by atoms with Gasteiger partial charge in [-0.15, -0.1) is 0 Å². The first-order valence-electron chi connectivity index (χ1n) is 4.78. The fourth-order valence-electron chi connectivity index (χ4n) is 1.04. The maximum absolute atomic E-state index is 11.2. The van der Waals surface area contributed by atoms with Crippen molar-refractivity contribution in [3.63, 3.8) is 0 Å². The van der Waals surface area contributed by atoms with Gasteiger partial charge in [0.2, 0.25) is 0 Å². The zero-order chi connectivity index (χ0) is 10.4. The van der Waals surface area contributed by atoms with Crippen LogP contribution in [0.2, 0.25) is 0 Å². The number of unbranched alkanes of at least 4 members (excludes halogenated alkanes) is 1. The summed E-state index contributed by atoms with van der Waals surface area (Å²) in [4.78, 5) is 11.2. The second kappa shape index (κ2) is 5.27. The Morgan fingerprint density at radius 3 is 2.57 bits per heavy atom. The standard InChI is InChI=1S/C11H15NO2/c1-2-3-4-11(13)14-10-7-5-9(12)6-8-10/h5-8H,2-4,12H2,1H3. The molecule has 0 bridgehead atoms. The van der Waals surface area contributed by atoms with Gasteiger partial charge >= 0.3 is 5.97 Å². The number of nitrogens with two attached hydrogens (primary N) is 1.